The molecular weight excluding hydrogens is 234 g/mol. The van der Waals surface area contributed by atoms with Crippen LogP contribution >= 0.6 is 0 Å². The molecule has 0 aliphatic heterocycles. The maximum absolute atomic E-state index is 11.4. The third-order valence-corrected chi connectivity index (χ3v) is 4.83. The van der Waals surface area contributed by atoms with Crippen LogP contribution in [0, 0.1) is 0 Å². The van der Waals surface area contributed by atoms with Gasteiger partial charge in [-0.1, -0.05) is 33.6 Å². The minimum atomic E-state index is -2.78. The van der Waals surface area contributed by atoms with Gasteiger partial charge in [0.15, 0.2) is 0 Å². The minimum absolute atomic E-state index is 0.273. The summed E-state index contributed by atoms with van der Waals surface area (Å²) in [5.41, 5.74) is 0. The molecule has 0 amide bonds. The SMILES string of the molecule is CCCCC(CCCS(=O)(=O)CC)NCCC. The zero-order valence-electron chi connectivity index (χ0n) is 11.7. The zero-order chi connectivity index (χ0) is 13.1. The van der Waals surface area contributed by atoms with Crippen molar-refractivity contribution in [2.75, 3.05) is 18.1 Å². The van der Waals surface area contributed by atoms with Gasteiger partial charge in [-0.3, -0.25) is 0 Å². The average Bonchev–Trinajstić information content (AvgIpc) is 2.31. The van der Waals surface area contributed by atoms with Crippen LogP contribution in [0.3, 0.4) is 0 Å². The van der Waals surface area contributed by atoms with Crippen LogP contribution in [0.4, 0.5) is 0 Å². The van der Waals surface area contributed by atoms with Crippen LogP contribution in [-0.4, -0.2) is 32.5 Å². The molecule has 1 N–H and O–H groups in total. The van der Waals surface area contributed by atoms with E-state index in [-0.39, 0.29) is 5.75 Å². The summed E-state index contributed by atoms with van der Waals surface area (Å²) < 4.78 is 22.8. The van der Waals surface area contributed by atoms with Crippen molar-refractivity contribution in [3.05, 3.63) is 0 Å². The van der Waals surface area contributed by atoms with Crippen LogP contribution in [0.5, 0.6) is 0 Å². The first-order valence-corrected chi connectivity index (χ1v) is 8.81. The largest absolute Gasteiger partial charge is 0.314 e. The molecule has 1 unspecified atom stereocenters. The summed E-state index contributed by atoms with van der Waals surface area (Å²) in [6, 6.07) is 0.502. The van der Waals surface area contributed by atoms with Crippen LogP contribution in [0.1, 0.15) is 59.3 Å². The molecule has 0 aromatic rings. The van der Waals surface area contributed by atoms with E-state index in [0.29, 0.717) is 11.8 Å². The first-order valence-electron chi connectivity index (χ1n) is 6.99. The molecule has 0 heterocycles. The molecular formula is C13H29NO2S. The molecule has 17 heavy (non-hydrogen) atoms. The monoisotopic (exact) mass is 263 g/mol. The second kappa shape index (κ2) is 9.89. The molecule has 1 atom stereocenters. The topological polar surface area (TPSA) is 46.2 Å². The highest BCUT2D eigenvalue weighted by Crippen LogP contribution is 2.08. The van der Waals surface area contributed by atoms with E-state index in [1.165, 1.54) is 19.3 Å². The molecule has 0 aliphatic rings. The molecule has 0 spiro atoms. The zero-order valence-corrected chi connectivity index (χ0v) is 12.5. The lowest BCUT2D eigenvalue weighted by atomic mass is 10.1. The van der Waals surface area contributed by atoms with Crippen molar-refractivity contribution < 1.29 is 8.42 Å². The van der Waals surface area contributed by atoms with Crippen LogP contribution < -0.4 is 5.32 Å². The van der Waals surface area contributed by atoms with E-state index >= 15 is 0 Å². The molecule has 0 aromatic carbocycles. The second-order valence-corrected chi connectivity index (χ2v) is 7.14. The average molecular weight is 263 g/mol. The lowest BCUT2D eigenvalue weighted by Crippen LogP contribution is -2.30. The number of hydrogen-bond donors (Lipinski definition) is 1. The summed E-state index contributed by atoms with van der Waals surface area (Å²) in [7, 11) is -2.78. The number of hydrogen-bond acceptors (Lipinski definition) is 3. The Bertz CT molecular complexity index is 255. The quantitative estimate of drug-likeness (QED) is 0.623. The second-order valence-electron chi connectivity index (χ2n) is 4.67. The van der Waals surface area contributed by atoms with Crippen LogP contribution in [0.25, 0.3) is 0 Å². The van der Waals surface area contributed by atoms with E-state index in [2.05, 4.69) is 19.2 Å². The lowest BCUT2D eigenvalue weighted by Gasteiger charge is -2.18. The van der Waals surface area contributed by atoms with Crippen LogP contribution in [0.2, 0.25) is 0 Å². The Labute approximate surface area is 107 Å². The van der Waals surface area contributed by atoms with Gasteiger partial charge in [-0.05, 0) is 32.2 Å². The molecule has 104 valence electrons. The van der Waals surface area contributed by atoms with Crippen LogP contribution in [-0.2, 0) is 9.84 Å². The summed E-state index contributed by atoms with van der Waals surface area (Å²) in [6.45, 7) is 7.11. The van der Waals surface area contributed by atoms with Crippen molar-refractivity contribution >= 4 is 9.84 Å². The van der Waals surface area contributed by atoms with Gasteiger partial charge in [0.05, 0.1) is 5.75 Å². The normalized spacial score (nSPS) is 13.8. The van der Waals surface area contributed by atoms with Crippen molar-refractivity contribution in [2.45, 2.75) is 65.3 Å². The highest BCUT2D eigenvalue weighted by molar-refractivity contribution is 7.91. The molecule has 0 bridgehead atoms. The molecule has 4 heteroatoms. The number of unbranched alkanes of at least 4 members (excludes halogenated alkanes) is 1. The van der Waals surface area contributed by atoms with Gasteiger partial charge in [0.25, 0.3) is 0 Å². The van der Waals surface area contributed by atoms with Crippen molar-refractivity contribution in [2.24, 2.45) is 0 Å². The molecule has 0 aliphatic carbocycles. The minimum Gasteiger partial charge on any atom is -0.314 e. The summed E-state index contributed by atoms with van der Waals surface area (Å²) in [5.74, 6) is 0.620. The Morgan fingerprint density at radius 1 is 1.00 bits per heavy atom. The summed E-state index contributed by atoms with van der Waals surface area (Å²) in [6.07, 6.45) is 6.51. The molecule has 0 rings (SSSR count). The summed E-state index contributed by atoms with van der Waals surface area (Å²) in [4.78, 5) is 0. The smallest absolute Gasteiger partial charge is 0.150 e. The van der Waals surface area contributed by atoms with Gasteiger partial charge in [0.2, 0.25) is 0 Å². The molecule has 0 aromatic heterocycles. The van der Waals surface area contributed by atoms with E-state index in [4.69, 9.17) is 0 Å². The van der Waals surface area contributed by atoms with Gasteiger partial charge in [-0.25, -0.2) is 8.42 Å². The third kappa shape index (κ3) is 9.60. The Kier molecular flexibility index (Phi) is 9.84. The van der Waals surface area contributed by atoms with Gasteiger partial charge >= 0.3 is 0 Å². The van der Waals surface area contributed by atoms with Gasteiger partial charge in [0, 0.05) is 11.8 Å². The highest BCUT2D eigenvalue weighted by atomic mass is 32.2. The highest BCUT2D eigenvalue weighted by Gasteiger charge is 2.11. The lowest BCUT2D eigenvalue weighted by molar-refractivity contribution is 0.435. The van der Waals surface area contributed by atoms with Gasteiger partial charge in [0.1, 0.15) is 9.84 Å². The van der Waals surface area contributed by atoms with E-state index in [9.17, 15) is 8.42 Å². The third-order valence-electron chi connectivity index (χ3n) is 3.04. The van der Waals surface area contributed by atoms with E-state index in [1.807, 2.05) is 0 Å². The van der Waals surface area contributed by atoms with Gasteiger partial charge in [-0.15, -0.1) is 0 Å². The molecule has 0 saturated carbocycles. The Morgan fingerprint density at radius 3 is 2.18 bits per heavy atom. The first kappa shape index (κ1) is 16.9. The summed E-state index contributed by atoms with van der Waals surface area (Å²) >= 11 is 0. The van der Waals surface area contributed by atoms with Crippen molar-refractivity contribution in [3.8, 4) is 0 Å². The van der Waals surface area contributed by atoms with Crippen LogP contribution in [0.15, 0.2) is 0 Å². The molecule has 0 fully saturated rings. The Balaban J connectivity index is 3.89. The molecule has 3 nitrogen and oxygen atoms in total. The fraction of sp³-hybridized carbons (Fsp3) is 1.00. The molecule has 0 saturated heterocycles. The first-order chi connectivity index (χ1) is 8.05. The van der Waals surface area contributed by atoms with Crippen molar-refractivity contribution in [1.82, 2.24) is 5.32 Å². The summed E-state index contributed by atoms with van der Waals surface area (Å²) in [5, 5.41) is 3.51. The standard InChI is InChI=1S/C13H29NO2S/c1-4-7-9-13(14-11-5-2)10-8-12-17(15,16)6-3/h13-14H,4-12H2,1-3H3. The van der Waals surface area contributed by atoms with E-state index in [0.717, 1.165) is 25.8 Å². The number of sulfone groups is 1. The Morgan fingerprint density at radius 2 is 1.65 bits per heavy atom. The Hall–Kier alpha value is -0.0900. The fourth-order valence-corrected chi connectivity index (χ4v) is 2.74. The van der Waals surface area contributed by atoms with Gasteiger partial charge < -0.3 is 5.32 Å². The number of rotatable bonds is 11. The van der Waals surface area contributed by atoms with Crippen molar-refractivity contribution in [3.63, 3.8) is 0 Å². The predicted molar refractivity (Wildman–Crippen MR) is 75.2 cm³/mol. The van der Waals surface area contributed by atoms with E-state index < -0.39 is 9.84 Å². The van der Waals surface area contributed by atoms with Crippen molar-refractivity contribution in [1.29, 1.82) is 0 Å². The molecule has 0 radical (unpaired) electrons. The predicted octanol–water partition coefficient (Wildman–Crippen LogP) is 2.76. The number of nitrogens with one attached hydrogen (secondary N) is 1. The maximum Gasteiger partial charge on any atom is 0.150 e. The maximum atomic E-state index is 11.4. The van der Waals surface area contributed by atoms with Gasteiger partial charge in [-0.2, -0.15) is 0 Å². The fourth-order valence-electron chi connectivity index (χ4n) is 1.84. The van der Waals surface area contributed by atoms with E-state index in [1.54, 1.807) is 6.92 Å².